The van der Waals surface area contributed by atoms with E-state index in [0.717, 1.165) is 6.42 Å². The first-order valence-corrected chi connectivity index (χ1v) is 10.8. The molecule has 2 aliphatic rings. The van der Waals surface area contributed by atoms with E-state index in [-0.39, 0.29) is 29.4 Å². The van der Waals surface area contributed by atoms with E-state index in [9.17, 15) is 13.2 Å². The summed E-state index contributed by atoms with van der Waals surface area (Å²) < 4.78 is 23.4. The van der Waals surface area contributed by atoms with Crippen LogP contribution in [0.1, 0.15) is 37.3 Å². The lowest BCUT2D eigenvalue weighted by molar-refractivity contribution is -0.137. The van der Waals surface area contributed by atoms with Gasteiger partial charge in [0.1, 0.15) is 0 Å². The average Bonchev–Trinajstić information content (AvgIpc) is 3.32. The van der Waals surface area contributed by atoms with Gasteiger partial charge in [-0.05, 0) is 51.0 Å². The Hall–Kier alpha value is -1.36. The van der Waals surface area contributed by atoms with Crippen molar-refractivity contribution in [3.8, 4) is 0 Å². The second kappa shape index (κ2) is 6.87. The highest BCUT2D eigenvalue weighted by molar-refractivity contribution is 7.91. The molecule has 1 saturated carbocycles. The fourth-order valence-electron chi connectivity index (χ4n) is 3.76. The fourth-order valence-corrected chi connectivity index (χ4v) is 5.49. The second-order valence-corrected chi connectivity index (χ2v) is 9.55. The third-order valence-electron chi connectivity index (χ3n) is 5.34. The van der Waals surface area contributed by atoms with Crippen LogP contribution in [0.3, 0.4) is 0 Å². The summed E-state index contributed by atoms with van der Waals surface area (Å²) >= 11 is 0. The zero-order chi connectivity index (χ0) is 17.3. The van der Waals surface area contributed by atoms with Crippen LogP contribution < -0.4 is 0 Å². The highest BCUT2D eigenvalue weighted by Crippen LogP contribution is 2.38. The molecule has 0 aromatic heterocycles. The van der Waals surface area contributed by atoms with Crippen LogP contribution in [0, 0.1) is 18.8 Å². The van der Waals surface area contributed by atoms with Crippen LogP contribution in [0.15, 0.2) is 24.3 Å². The molecule has 1 aromatic rings. The van der Waals surface area contributed by atoms with E-state index in [1.807, 2.05) is 11.8 Å². The van der Waals surface area contributed by atoms with Gasteiger partial charge in [0.25, 0.3) is 0 Å². The van der Waals surface area contributed by atoms with Crippen LogP contribution in [0.2, 0.25) is 0 Å². The van der Waals surface area contributed by atoms with Gasteiger partial charge in [0.05, 0.1) is 17.4 Å². The Bertz CT molecular complexity index is 692. The van der Waals surface area contributed by atoms with Crippen molar-refractivity contribution in [3.05, 3.63) is 35.4 Å². The van der Waals surface area contributed by atoms with Gasteiger partial charge >= 0.3 is 0 Å². The quantitative estimate of drug-likeness (QED) is 0.793. The summed E-state index contributed by atoms with van der Waals surface area (Å²) in [6, 6.07) is 8.71. The van der Waals surface area contributed by atoms with Crippen molar-refractivity contribution in [1.29, 1.82) is 0 Å². The van der Waals surface area contributed by atoms with Gasteiger partial charge in [-0.15, -0.1) is 0 Å². The number of benzene rings is 1. The minimum Gasteiger partial charge on any atom is -0.339 e. The molecule has 132 valence electrons. The molecule has 1 amide bonds. The van der Waals surface area contributed by atoms with Gasteiger partial charge in [0, 0.05) is 12.6 Å². The van der Waals surface area contributed by atoms with Gasteiger partial charge in [0.15, 0.2) is 9.84 Å². The largest absolute Gasteiger partial charge is 0.339 e. The molecule has 2 fully saturated rings. The number of aryl methyl sites for hydroxylation is 1. The lowest BCUT2D eigenvalue weighted by Crippen LogP contribution is -2.46. The number of hydrogen-bond acceptors (Lipinski definition) is 3. The number of rotatable bonds is 6. The minimum absolute atomic E-state index is 0.0320. The summed E-state index contributed by atoms with van der Waals surface area (Å²) in [6.45, 7) is 4.73. The monoisotopic (exact) mass is 349 g/mol. The van der Waals surface area contributed by atoms with Crippen LogP contribution in [0.4, 0.5) is 0 Å². The predicted molar refractivity (Wildman–Crippen MR) is 95.5 cm³/mol. The van der Waals surface area contributed by atoms with Crippen molar-refractivity contribution < 1.29 is 13.2 Å². The molecular formula is C19H27NO3S. The van der Waals surface area contributed by atoms with Crippen LogP contribution >= 0.6 is 0 Å². The van der Waals surface area contributed by atoms with Crippen LogP contribution in [0.25, 0.3) is 0 Å². The first kappa shape index (κ1) is 17.5. The molecule has 1 aliphatic carbocycles. The molecule has 0 radical (unpaired) electrons. The molecule has 24 heavy (non-hydrogen) atoms. The maximum atomic E-state index is 12.9. The number of amides is 1. The molecule has 1 aromatic carbocycles. The van der Waals surface area contributed by atoms with Gasteiger partial charge in [0.2, 0.25) is 5.91 Å². The Kier molecular flexibility index (Phi) is 5.00. The lowest BCUT2D eigenvalue weighted by Gasteiger charge is -2.33. The molecule has 5 heteroatoms. The Balaban J connectivity index is 1.75. The van der Waals surface area contributed by atoms with Crippen molar-refractivity contribution in [2.45, 2.75) is 45.6 Å². The van der Waals surface area contributed by atoms with Gasteiger partial charge in [-0.2, -0.15) is 0 Å². The number of sulfone groups is 1. The van der Waals surface area contributed by atoms with E-state index in [1.165, 1.54) is 24.0 Å². The van der Waals surface area contributed by atoms with E-state index in [4.69, 9.17) is 0 Å². The normalized spacial score (nSPS) is 23.8. The Morgan fingerprint density at radius 1 is 1.21 bits per heavy atom. The van der Waals surface area contributed by atoms with Crippen molar-refractivity contribution in [1.82, 2.24) is 4.90 Å². The van der Waals surface area contributed by atoms with Crippen molar-refractivity contribution in [3.63, 3.8) is 0 Å². The molecule has 3 rings (SSSR count). The Labute approximate surface area is 145 Å². The molecule has 1 aliphatic heterocycles. The van der Waals surface area contributed by atoms with Crippen LogP contribution in [-0.2, 0) is 21.1 Å². The highest BCUT2D eigenvalue weighted by Gasteiger charge is 2.41. The maximum absolute atomic E-state index is 12.9. The van der Waals surface area contributed by atoms with Crippen LogP contribution in [-0.4, -0.2) is 43.3 Å². The van der Waals surface area contributed by atoms with Gasteiger partial charge in [-0.1, -0.05) is 29.8 Å². The fraction of sp³-hybridized carbons (Fsp3) is 0.632. The van der Waals surface area contributed by atoms with Crippen molar-refractivity contribution >= 4 is 15.7 Å². The highest BCUT2D eigenvalue weighted by atomic mass is 32.2. The molecule has 1 saturated heterocycles. The number of hydrogen-bond donors (Lipinski definition) is 0. The van der Waals surface area contributed by atoms with Gasteiger partial charge < -0.3 is 4.90 Å². The summed E-state index contributed by atoms with van der Waals surface area (Å²) in [5.41, 5.74) is 2.49. The second-order valence-electron chi connectivity index (χ2n) is 7.32. The topological polar surface area (TPSA) is 54.5 Å². The zero-order valence-corrected chi connectivity index (χ0v) is 15.4. The van der Waals surface area contributed by atoms with Crippen molar-refractivity contribution in [2.24, 2.45) is 11.8 Å². The molecular weight excluding hydrogens is 322 g/mol. The molecule has 4 nitrogen and oxygen atoms in total. The first-order valence-electron chi connectivity index (χ1n) is 8.96. The van der Waals surface area contributed by atoms with E-state index >= 15 is 0 Å². The minimum atomic E-state index is -3.02. The van der Waals surface area contributed by atoms with Crippen LogP contribution in [0.5, 0.6) is 0 Å². The van der Waals surface area contributed by atoms with Crippen molar-refractivity contribution in [2.75, 3.05) is 18.1 Å². The molecule has 0 spiro atoms. The van der Waals surface area contributed by atoms with E-state index in [1.54, 1.807) is 0 Å². The molecule has 0 unspecified atom stereocenters. The smallest absolute Gasteiger partial charge is 0.226 e. The molecule has 0 N–H and O–H groups in total. The van der Waals surface area contributed by atoms with E-state index < -0.39 is 9.84 Å². The molecule has 1 heterocycles. The summed E-state index contributed by atoms with van der Waals surface area (Å²) in [6.07, 6.45) is 3.69. The number of nitrogens with zero attached hydrogens (tertiary/aromatic N) is 1. The summed E-state index contributed by atoms with van der Waals surface area (Å²) in [4.78, 5) is 14.9. The lowest BCUT2D eigenvalue weighted by atomic mass is 9.97. The van der Waals surface area contributed by atoms with Gasteiger partial charge in [-0.25, -0.2) is 8.42 Å². The number of carbonyl (C=O) groups excluding carboxylic acids is 1. The molecule has 0 bridgehead atoms. The third kappa shape index (κ3) is 4.00. The first-order chi connectivity index (χ1) is 11.4. The van der Waals surface area contributed by atoms with Gasteiger partial charge in [-0.3, -0.25) is 4.79 Å². The summed E-state index contributed by atoms with van der Waals surface area (Å²) in [5, 5.41) is 0. The predicted octanol–water partition coefficient (Wildman–Crippen LogP) is 2.60. The summed E-state index contributed by atoms with van der Waals surface area (Å²) in [5.74, 6) is 0.460. The Morgan fingerprint density at radius 2 is 1.88 bits per heavy atom. The SMILES string of the molecule is CCN(C(=O)[C@H]1CCS(=O)(=O)C1)[C@@H](Cc1ccc(C)cc1)C1CC1. The number of carbonyl (C=O) groups is 1. The van der Waals surface area contributed by atoms with E-state index in [2.05, 4.69) is 31.2 Å². The standard InChI is InChI=1S/C19H27NO3S/c1-3-20(19(21)17-10-11-24(22,23)13-17)18(16-8-9-16)12-15-6-4-14(2)5-7-15/h4-7,16-18H,3,8-13H2,1-2H3/t17-,18-/m0/s1. The molecule has 2 atom stereocenters. The summed E-state index contributed by atoms with van der Waals surface area (Å²) in [7, 11) is -3.02. The van der Waals surface area contributed by atoms with E-state index in [0.29, 0.717) is 18.9 Å². The Morgan fingerprint density at radius 3 is 2.38 bits per heavy atom. The maximum Gasteiger partial charge on any atom is 0.226 e. The number of likely N-dealkylation sites (N-methyl/N-ethyl adjacent to an activating group) is 1. The average molecular weight is 349 g/mol. The third-order valence-corrected chi connectivity index (χ3v) is 7.11. The zero-order valence-electron chi connectivity index (χ0n) is 14.6.